The van der Waals surface area contributed by atoms with E-state index >= 15 is 0 Å². The maximum absolute atomic E-state index is 13.2. The van der Waals surface area contributed by atoms with Crippen LogP contribution in [-0.2, 0) is 14.3 Å². The summed E-state index contributed by atoms with van der Waals surface area (Å²) in [6.45, 7) is 3.01. The lowest BCUT2D eigenvalue weighted by atomic mass is 9.95. The molecule has 166 valence electrons. The lowest BCUT2D eigenvalue weighted by Crippen LogP contribution is -2.45. The van der Waals surface area contributed by atoms with Crippen LogP contribution in [0.25, 0.3) is 11.1 Å². The second-order valence-electron chi connectivity index (χ2n) is 7.77. The summed E-state index contributed by atoms with van der Waals surface area (Å²) in [4.78, 5) is 40.9. The molecule has 0 radical (unpaired) electrons. The first-order valence-electron chi connectivity index (χ1n) is 10.7. The highest BCUT2D eigenvalue weighted by Crippen LogP contribution is 2.27. The number of hydrogen-bond donors (Lipinski definition) is 0. The SMILES string of the molecule is CCOC(=O)C1CCN(C(=O)CN(C)C(=O)c2ccccc2-c2ccccc2C#N)CC1. The summed E-state index contributed by atoms with van der Waals surface area (Å²) >= 11 is 0. The highest BCUT2D eigenvalue weighted by atomic mass is 16.5. The van der Waals surface area contributed by atoms with Crippen molar-refractivity contribution in [3.63, 3.8) is 0 Å². The summed E-state index contributed by atoms with van der Waals surface area (Å²) in [6.07, 6.45) is 1.13. The Kier molecular flexibility index (Phi) is 7.61. The normalized spacial score (nSPS) is 13.8. The molecule has 1 aliphatic heterocycles. The molecule has 0 spiro atoms. The van der Waals surface area contributed by atoms with Crippen LogP contribution in [0.15, 0.2) is 48.5 Å². The van der Waals surface area contributed by atoms with Crippen molar-refractivity contribution in [3.8, 4) is 17.2 Å². The van der Waals surface area contributed by atoms with Crippen molar-refractivity contribution in [2.75, 3.05) is 33.3 Å². The molecule has 32 heavy (non-hydrogen) atoms. The van der Waals surface area contributed by atoms with Crippen molar-refractivity contribution in [2.45, 2.75) is 19.8 Å². The van der Waals surface area contributed by atoms with Crippen LogP contribution in [0, 0.1) is 17.2 Å². The minimum atomic E-state index is -0.289. The number of carbonyl (C=O) groups excluding carboxylic acids is 3. The lowest BCUT2D eigenvalue weighted by Gasteiger charge is -2.32. The van der Waals surface area contributed by atoms with Gasteiger partial charge in [0.2, 0.25) is 5.91 Å². The molecule has 0 N–H and O–H groups in total. The predicted octanol–water partition coefficient (Wildman–Crippen LogP) is 3.10. The number of piperidine rings is 1. The van der Waals surface area contributed by atoms with Crippen molar-refractivity contribution in [3.05, 3.63) is 59.7 Å². The van der Waals surface area contributed by atoms with Gasteiger partial charge in [-0.2, -0.15) is 5.26 Å². The Balaban J connectivity index is 1.68. The molecule has 2 amide bonds. The standard InChI is InChI=1S/C25H27N3O4/c1-3-32-25(31)18-12-14-28(15-13-18)23(29)17-27(2)24(30)22-11-7-6-10-21(22)20-9-5-4-8-19(20)16-26/h4-11,18H,3,12-15,17H2,1-2H3. The van der Waals surface area contributed by atoms with Gasteiger partial charge in [-0.05, 0) is 37.5 Å². The van der Waals surface area contributed by atoms with Crippen LogP contribution >= 0.6 is 0 Å². The third kappa shape index (κ3) is 5.14. The van der Waals surface area contributed by atoms with Gasteiger partial charge in [-0.15, -0.1) is 0 Å². The van der Waals surface area contributed by atoms with Gasteiger partial charge in [0.1, 0.15) is 0 Å². The van der Waals surface area contributed by atoms with Gasteiger partial charge in [0, 0.05) is 31.3 Å². The molecule has 0 aromatic heterocycles. The van der Waals surface area contributed by atoms with E-state index < -0.39 is 0 Å². The highest BCUT2D eigenvalue weighted by Gasteiger charge is 2.29. The number of nitrogens with zero attached hydrogens (tertiary/aromatic N) is 3. The number of carbonyl (C=O) groups is 3. The fourth-order valence-corrected chi connectivity index (χ4v) is 3.92. The van der Waals surface area contributed by atoms with E-state index in [9.17, 15) is 19.6 Å². The molecule has 3 rings (SSSR count). The second-order valence-corrected chi connectivity index (χ2v) is 7.77. The number of benzene rings is 2. The zero-order chi connectivity index (χ0) is 23.1. The van der Waals surface area contributed by atoms with Crippen LogP contribution in [0.2, 0.25) is 0 Å². The first-order chi connectivity index (χ1) is 15.5. The van der Waals surface area contributed by atoms with E-state index in [0.29, 0.717) is 54.8 Å². The Morgan fingerprint density at radius 2 is 1.69 bits per heavy atom. The molecule has 7 heteroatoms. The molecule has 7 nitrogen and oxygen atoms in total. The number of likely N-dealkylation sites (N-methyl/N-ethyl adjacent to an activating group) is 1. The molecule has 2 aromatic carbocycles. The van der Waals surface area contributed by atoms with Gasteiger partial charge < -0.3 is 14.5 Å². The van der Waals surface area contributed by atoms with Crippen LogP contribution in [0.3, 0.4) is 0 Å². The van der Waals surface area contributed by atoms with E-state index in [-0.39, 0.29) is 30.2 Å². The van der Waals surface area contributed by atoms with E-state index in [1.807, 2.05) is 18.2 Å². The van der Waals surface area contributed by atoms with Crippen molar-refractivity contribution in [2.24, 2.45) is 5.92 Å². The molecule has 0 unspecified atom stereocenters. The van der Waals surface area contributed by atoms with Crippen LogP contribution < -0.4 is 0 Å². The Labute approximate surface area is 188 Å². The largest absolute Gasteiger partial charge is 0.466 e. The summed E-state index contributed by atoms with van der Waals surface area (Å²) in [5, 5.41) is 9.44. The van der Waals surface area contributed by atoms with Crippen molar-refractivity contribution in [1.82, 2.24) is 9.80 Å². The van der Waals surface area contributed by atoms with E-state index in [4.69, 9.17) is 4.74 Å². The molecule has 2 aromatic rings. The van der Waals surface area contributed by atoms with Crippen molar-refractivity contribution in [1.29, 1.82) is 5.26 Å². The Morgan fingerprint density at radius 1 is 1.06 bits per heavy atom. The Morgan fingerprint density at radius 3 is 2.34 bits per heavy atom. The number of ether oxygens (including phenoxy) is 1. The van der Waals surface area contributed by atoms with Crippen LogP contribution in [0.1, 0.15) is 35.7 Å². The van der Waals surface area contributed by atoms with Crippen LogP contribution in [0.4, 0.5) is 0 Å². The van der Waals surface area contributed by atoms with Gasteiger partial charge in [0.05, 0.1) is 30.7 Å². The van der Waals surface area contributed by atoms with Crippen molar-refractivity contribution < 1.29 is 19.1 Å². The third-order valence-corrected chi connectivity index (χ3v) is 5.68. The van der Waals surface area contributed by atoms with Gasteiger partial charge in [-0.3, -0.25) is 14.4 Å². The van der Waals surface area contributed by atoms with Gasteiger partial charge in [0.25, 0.3) is 5.91 Å². The van der Waals surface area contributed by atoms with Gasteiger partial charge in [0.15, 0.2) is 0 Å². The maximum Gasteiger partial charge on any atom is 0.309 e. The average Bonchev–Trinajstić information content (AvgIpc) is 2.83. The molecule has 0 saturated carbocycles. The van der Waals surface area contributed by atoms with Gasteiger partial charge >= 0.3 is 5.97 Å². The molecule has 1 heterocycles. The smallest absolute Gasteiger partial charge is 0.309 e. The summed E-state index contributed by atoms with van der Waals surface area (Å²) in [7, 11) is 1.60. The van der Waals surface area contributed by atoms with E-state index in [1.54, 1.807) is 49.2 Å². The highest BCUT2D eigenvalue weighted by molar-refractivity contribution is 6.02. The molecular weight excluding hydrogens is 406 g/mol. The Bertz CT molecular complexity index is 1040. The van der Waals surface area contributed by atoms with E-state index in [0.717, 1.165) is 0 Å². The molecule has 1 saturated heterocycles. The Hall–Kier alpha value is -3.66. The first-order valence-corrected chi connectivity index (χ1v) is 10.7. The lowest BCUT2D eigenvalue weighted by molar-refractivity contribution is -0.151. The molecule has 0 bridgehead atoms. The first kappa shape index (κ1) is 23.0. The zero-order valence-electron chi connectivity index (χ0n) is 18.4. The molecule has 0 aliphatic carbocycles. The summed E-state index contributed by atoms with van der Waals surface area (Å²) in [5.41, 5.74) is 2.26. The topological polar surface area (TPSA) is 90.7 Å². The van der Waals surface area contributed by atoms with Gasteiger partial charge in [-0.25, -0.2) is 0 Å². The average molecular weight is 434 g/mol. The summed E-state index contributed by atoms with van der Waals surface area (Å²) in [5.74, 6) is -0.826. The van der Waals surface area contributed by atoms with Crippen LogP contribution in [0.5, 0.6) is 0 Å². The fourth-order valence-electron chi connectivity index (χ4n) is 3.92. The van der Waals surface area contributed by atoms with Crippen LogP contribution in [-0.4, -0.2) is 60.9 Å². The predicted molar refractivity (Wildman–Crippen MR) is 119 cm³/mol. The fraction of sp³-hybridized carbons (Fsp3) is 0.360. The molecule has 1 fully saturated rings. The molecular formula is C25H27N3O4. The maximum atomic E-state index is 13.2. The summed E-state index contributed by atoms with van der Waals surface area (Å²) < 4.78 is 5.07. The minimum absolute atomic E-state index is 0.0584. The molecule has 0 atom stereocenters. The zero-order valence-corrected chi connectivity index (χ0v) is 18.4. The monoisotopic (exact) mass is 433 g/mol. The number of likely N-dealkylation sites (tertiary alicyclic amines) is 1. The van der Waals surface area contributed by atoms with E-state index in [2.05, 4.69) is 6.07 Å². The molecule has 1 aliphatic rings. The summed E-state index contributed by atoms with van der Waals surface area (Å²) in [6, 6.07) is 16.4. The van der Waals surface area contributed by atoms with Gasteiger partial charge in [-0.1, -0.05) is 36.4 Å². The number of hydrogen-bond acceptors (Lipinski definition) is 5. The number of amides is 2. The number of rotatable bonds is 6. The minimum Gasteiger partial charge on any atom is -0.466 e. The quantitative estimate of drug-likeness (QED) is 0.653. The third-order valence-electron chi connectivity index (χ3n) is 5.68. The number of nitriles is 1. The number of esters is 1. The van der Waals surface area contributed by atoms with E-state index in [1.165, 1.54) is 4.90 Å². The second kappa shape index (κ2) is 10.6. The van der Waals surface area contributed by atoms with Crippen molar-refractivity contribution >= 4 is 17.8 Å².